The van der Waals surface area contributed by atoms with Gasteiger partial charge in [0, 0.05) is 18.7 Å². The molecule has 84 valence electrons. The molecule has 0 saturated carbocycles. The molecule has 1 aromatic rings. The fourth-order valence-corrected chi connectivity index (χ4v) is 2.13. The zero-order valence-electron chi connectivity index (χ0n) is 9.19. The number of benzene rings is 1. The SMILES string of the molecule is CCC(=O)NC(=S)N1CCc2ccccc21. The van der Waals surface area contributed by atoms with E-state index in [2.05, 4.69) is 11.4 Å². The number of amides is 1. The Kier molecular flexibility index (Phi) is 3.19. The van der Waals surface area contributed by atoms with Gasteiger partial charge in [-0.1, -0.05) is 25.1 Å². The average molecular weight is 234 g/mol. The quantitative estimate of drug-likeness (QED) is 0.753. The van der Waals surface area contributed by atoms with Gasteiger partial charge in [0.25, 0.3) is 0 Å². The van der Waals surface area contributed by atoms with Gasteiger partial charge in [0.15, 0.2) is 5.11 Å². The number of anilines is 1. The highest BCUT2D eigenvalue weighted by Crippen LogP contribution is 2.27. The summed E-state index contributed by atoms with van der Waals surface area (Å²) < 4.78 is 0. The van der Waals surface area contributed by atoms with Crippen LogP contribution in [0.25, 0.3) is 0 Å². The second kappa shape index (κ2) is 4.61. The first-order valence-electron chi connectivity index (χ1n) is 5.41. The van der Waals surface area contributed by atoms with Gasteiger partial charge in [0.05, 0.1) is 0 Å². The highest BCUT2D eigenvalue weighted by atomic mass is 32.1. The highest BCUT2D eigenvalue weighted by molar-refractivity contribution is 7.80. The van der Waals surface area contributed by atoms with Crippen LogP contribution in [0.15, 0.2) is 24.3 Å². The molecule has 1 aliphatic heterocycles. The molecule has 1 heterocycles. The Hall–Kier alpha value is -1.42. The lowest BCUT2D eigenvalue weighted by Gasteiger charge is -2.20. The van der Waals surface area contributed by atoms with Crippen molar-refractivity contribution in [3.05, 3.63) is 29.8 Å². The van der Waals surface area contributed by atoms with E-state index in [0.717, 1.165) is 18.7 Å². The monoisotopic (exact) mass is 234 g/mol. The third-order valence-corrected chi connectivity index (χ3v) is 3.02. The van der Waals surface area contributed by atoms with Crippen molar-refractivity contribution < 1.29 is 4.79 Å². The van der Waals surface area contributed by atoms with Gasteiger partial charge in [-0.3, -0.25) is 4.79 Å². The van der Waals surface area contributed by atoms with Crippen molar-refractivity contribution in [2.45, 2.75) is 19.8 Å². The minimum absolute atomic E-state index is 0.0330. The number of rotatable bonds is 1. The van der Waals surface area contributed by atoms with Crippen molar-refractivity contribution in [3.8, 4) is 0 Å². The van der Waals surface area contributed by atoms with Gasteiger partial charge in [-0.25, -0.2) is 0 Å². The topological polar surface area (TPSA) is 32.3 Å². The Balaban J connectivity index is 2.13. The van der Waals surface area contributed by atoms with Gasteiger partial charge < -0.3 is 10.2 Å². The molecule has 0 saturated heterocycles. The summed E-state index contributed by atoms with van der Waals surface area (Å²) in [5.74, 6) is -0.0330. The molecule has 1 N–H and O–H groups in total. The number of nitrogens with one attached hydrogen (secondary N) is 1. The maximum absolute atomic E-state index is 11.3. The van der Waals surface area contributed by atoms with E-state index in [0.29, 0.717) is 11.5 Å². The lowest BCUT2D eigenvalue weighted by Crippen LogP contribution is -2.41. The van der Waals surface area contributed by atoms with Gasteiger partial charge in [-0.15, -0.1) is 0 Å². The van der Waals surface area contributed by atoms with E-state index in [4.69, 9.17) is 12.2 Å². The molecule has 1 aliphatic rings. The van der Waals surface area contributed by atoms with E-state index in [1.54, 1.807) is 0 Å². The van der Waals surface area contributed by atoms with E-state index in [1.165, 1.54) is 5.56 Å². The smallest absolute Gasteiger partial charge is 0.225 e. The summed E-state index contributed by atoms with van der Waals surface area (Å²) in [6.45, 7) is 2.66. The molecule has 4 heteroatoms. The van der Waals surface area contributed by atoms with Crippen LogP contribution in [-0.2, 0) is 11.2 Å². The second-order valence-electron chi connectivity index (χ2n) is 3.74. The average Bonchev–Trinajstić information content (AvgIpc) is 2.72. The van der Waals surface area contributed by atoms with E-state index < -0.39 is 0 Å². The largest absolute Gasteiger partial charge is 0.318 e. The van der Waals surface area contributed by atoms with E-state index in [1.807, 2.05) is 30.0 Å². The van der Waals surface area contributed by atoms with Crippen LogP contribution >= 0.6 is 12.2 Å². The van der Waals surface area contributed by atoms with Gasteiger partial charge in [-0.05, 0) is 30.3 Å². The molecular formula is C12H14N2OS. The number of fused-ring (bicyclic) bond motifs is 1. The molecule has 0 unspecified atom stereocenters. The predicted molar refractivity (Wildman–Crippen MR) is 68.5 cm³/mol. The minimum Gasteiger partial charge on any atom is -0.318 e. The fraction of sp³-hybridized carbons (Fsp3) is 0.333. The summed E-state index contributed by atoms with van der Waals surface area (Å²) in [4.78, 5) is 13.2. The van der Waals surface area contributed by atoms with Crippen molar-refractivity contribution in [3.63, 3.8) is 0 Å². The Morgan fingerprint density at radius 2 is 2.25 bits per heavy atom. The molecule has 0 bridgehead atoms. The molecule has 2 rings (SSSR count). The molecule has 3 nitrogen and oxygen atoms in total. The molecule has 0 radical (unpaired) electrons. The fourth-order valence-electron chi connectivity index (χ4n) is 1.82. The molecule has 1 amide bonds. The van der Waals surface area contributed by atoms with Gasteiger partial charge in [0.1, 0.15) is 0 Å². The molecule has 0 atom stereocenters. The van der Waals surface area contributed by atoms with Crippen LogP contribution in [0, 0.1) is 0 Å². The molecule has 0 aromatic heterocycles. The molecular weight excluding hydrogens is 220 g/mol. The first-order valence-corrected chi connectivity index (χ1v) is 5.82. The third-order valence-electron chi connectivity index (χ3n) is 2.70. The predicted octanol–water partition coefficient (Wildman–Crippen LogP) is 1.86. The number of thiocarbonyl (C=S) groups is 1. The van der Waals surface area contributed by atoms with Crippen LogP contribution in [-0.4, -0.2) is 17.6 Å². The van der Waals surface area contributed by atoms with E-state index in [9.17, 15) is 4.79 Å². The number of carbonyl (C=O) groups excluding carboxylic acids is 1. The van der Waals surface area contributed by atoms with Crippen molar-refractivity contribution in [1.29, 1.82) is 0 Å². The summed E-state index contributed by atoms with van der Waals surface area (Å²) >= 11 is 5.23. The zero-order valence-corrected chi connectivity index (χ0v) is 10.0. The second-order valence-corrected chi connectivity index (χ2v) is 4.12. The van der Waals surface area contributed by atoms with Gasteiger partial charge in [0.2, 0.25) is 5.91 Å². The van der Waals surface area contributed by atoms with Crippen molar-refractivity contribution in [2.75, 3.05) is 11.4 Å². The molecule has 16 heavy (non-hydrogen) atoms. The highest BCUT2D eigenvalue weighted by Gasteiger charge is 2.22. The molecule has 0 spiro atoms. The normalized spacial score (nSPS) is 13.4. The van der Waals surface area contributed by atoms with Crippen LogP contribution in [0.4, 0.5) is 5.69 Å². The number of hydrogen-bond acceptors (Lipinski definition) is 2. The van der Waals surface area contributed by atoms with Crippen LogP contribution in [0.1, 0.15) is 18.9 Å². The van der Waals surface area contributed by atoms with E-state index >= 15 is 0 Å². The van der Waals surface area contributed by atoms with Crippen molar-refractivity contribution in [1.82, 2.24) is 5.32 Å². The number of hydrogen-bond donors (Lipinski definition) is 1. The van der Waals surface area contributed by atoms with Crippen molar-refractivity contribution in [2.24, 2.45) is 0 Å². The first kappa shape index (κ1) is 11.1. The maximum Gasteiger partial charge on any atom is 0.225 e. The first-order chi connectivity index (χ1) is 7.72. The van der Waals surface area contributed by atoms with Crippen LogP contribution < -0.4 is 10.2 Å². The summed E-state index contributed by atoms with van der Waals surface area (Å²) in [5, 5.41) is 3.24. The Morgan fingerprint density at radius 1 is 1.50 bits per heavy atom. The van der Waals surface area contributed by atoms with Crippen molar-refractivity contribution >= 4 is 28.9 Å². The Labute approximate surface area is 100 Å². The Morgan fingerprint density at radius 3 is 3.00 bits per heavy atom. The van der Waals surface area contributed by atoms with Gasteiger partial charge >= 0.3 is 0 Å². The molecule has 0 fully saturated rings. The third kappa shape index (κ3) is 2.07. The number of carbonyl (C=O) groups is 1. The summed E-state index contributed by atoms with van der Waals surface area (Å²) in [6.07, 6.45) is 1.44. The van der Waals surface area contributed by atoms with Crippen LogP contribution in [0.5, 0.6) is 0 Å². The zero-order chi connectivity index (χ0) is 11.5. The molecule has 0 aliphatic carbocycles. The summed E-state index contributed by atoms with van der Waals surface area (Å²) in [7, 11) is 0. The minimum atomic E-state index is -0.0330. The molecule has 1 aromatic carbocycles. The number of para-hydroxylation sites is 1. The van der Waals surface area contributed by atoms with Crippen LogP contribution in [0.2, 0.25) is 0 Å². The number of nitrogens with zero attached hydrogens (tertiary/aromatic N) is 1. The Bertz CT molecular complexity index is 431. The summed E-state index contributed by atoms with van der Waals surface area (Å²) in [6, 6.07) is 8.14. The van der Waals surface area contributed by atoms with Crippen LogP contribution in [0.3, 0.4) is 0 Å². The lowest BCUT2D eigenvalue weighted by atomic mass is 10.2. The lowest BCUT2D eigenvalue weighted by molar-refractivity contribution is -0.119. The standard InChI is InChI=1S/C12H14N2OS/c1-2-11(15)13-12(16)14-8-7-9-5-3-4-6-10(9)14/h3-6H,2,7-8H2,1H3,(H,13,15,16). The summed E-state index contributed by atoms with van der Waals surface area (Å²) in [5.41, 5.74) is 2.40. The maximum atomic E-state index is 11.3. The van der Waals surface area contributed by atoms with E-state index in [-0.39, 0.29) is 5.91 Å². The van der Waals surface area contributed by atoms with Gasteiger partial charge in [-0.2, -0.15) is 0 Å².